The molecule has 2 heterocycles. The molecule has 4 nitrogen and oxygen atoms in total. The average molecular weight is 179 g/mol. The molecule has 2 rings (SSSR count). The molecule has 0 spiro atoms. The van der Waals surface area contributed by atoms with Gasteiger partial charge in [-0.15, -0.1) is 10.2 Å². The Hall–Kier alpha value is -1.16. The molecule has 1 aromatic rings. The number of nitrogens with zero attached hydrogens (tertiary/aromatic N) is 2. The van der Waals surface area contributed by atoms with Crippen molar-refractivity contribution in [3.8, 4) is 5.88 Å². The van der Waals surface area contributed by atoms with Crippen molar-refractivity contribution in [2.45, 2.75) is 18.9 Å². The maximum Gasteiger partial charge on any atom is 0.233 e. The van der Waals surface area contributed by atoms with Gasteiger partial charge in [-0.1, -0.05) is 0 Å². The van der Waals surface area contributed by atoms with E-state index < -0.39 is 0 Å². The minimum Gasteiger partial charge on any atom is -0.473 e. The van der Waals surface area contributed by atoms with Crippen LogP contribution in [0.3, 0.4) is 0 Å². The van der Waals surface area contributed by atoms with Gasteiger partial charge in [0.2, 0.25) is 5.88 Å². The molecular formula is C9H11N2O2. The molecule has 0 atom stereocenters. The van der Waals surface area contributed by atoms with E-state index in [1.165, 1.54) is 0 Å². The van der Waals surface area contributed by atoms with Gasteiger partial charge in [-0.05, 0) is 6.07 Å². The summed E-state index contributed by atoms with van der Waals surface area (Å²) in [5, 5.41) is 7.42. The second-order valence-corrected chi connectivity index (χ2v) is 2.93. The van der Waals surface area contributed by atoms with Gasteiger partial charge in [-0.2, -0.15) is 0 Å². The van der Waals surface area contributed by atoms with Gasteiger partial charge < -0.3 is 9.47 Å². The van der Waals surface area contributed by atoms with E-state index in [9.17, 15) is 0 Å². The van der Waals surface area contributed by atoms with Gasteiger partial charge in [0, 0.05) is 18.9 Å². The van der Waals surface area contributed by atoms with Crippen molar-refractivity contribution >= 4 is 0 Å². The molecule has 0 N–H and O–H groups in total. The molecule has 1 aliphatic heterocycles. The first-order chi connectivity index (χ1) is 6.45. The maximum absolute atomic E-state index is 5.58. The Morgan fingerprint density at radius 1 is 1.46 bits per heavy atom. The van der Waals surface area contributed by atoms with Crippen LogP contribution < -0.4 is 4.74 Å². The quantitative estimate of drug-likeness (QED) is 0.674. The van der Waals surface area contributed by atoms with Crippen LogP contribution in [-0.4, -0.2) is 29.5 Å². The van der Waals surface area contributed by atoms with Gasteiger partial charge in [0.15, 0.2) is 0 Å². The first kappa shape index (κ1) is 8.44. The average Bonchev–Trinajstić information content (AvgIpc) is 2.21. The third-order valence-corrected chi connectivity index (χ3v) is 1.96. The Labute approximate surface area is 76.9 Å². The lowest BCUT2D eigenvalue weighted by Gasteiger charge is -2.22. The van der Waals surface area contributed by atoms with E-state index in [0.29, 0.717) is 5.88 Å². The first-order valence-corrected chi connectivity index (χ1v) is 4.39. The molecule has 4 heteroatoms. The van der Waals surface area contributed by atoms with Gasteiger partial charge in [0.05, 0.1) is 13.2 Å². The molecule has 0 aromatic carbocycles. The second kappa shape index (κ2) is 4.18. The van der Waals surface area contributed by atoms with Crippen LogP contribution in [0.5, 0.6) is 5.88 Å². The number of ether oxygens (including phenoxy) is 2. The summed E-state index contributed by atoms with van der Waals surface area (Å²) in [6.45, 7) is 1.55. The van der Waals surface area contributed by atoms with Crippen LogP contribution >= 0.6 is 0 Å². The monoisotopic (exact) mass is 179 g/mol. The fourth-order valence-electron chi connectivity index (χ4n) is 1.28. The Morgan fingerprint density at radius 3 is 3.00 bits per heavy atom. The van der Waals surface area contributed by atoms with Crippen molar-refractivity contribution in [2.24, 2.45) is 0 Å². The molecule has 13 heavy (non-hydrogen) atoms. The van der Waals surface area contributed by atoms with Crippen LogP contribution in [0.1, 0.15) is 12.8 Å². The Morgan fingerprint density at radius 2 is 2.31 bits per heavy atom. The molecule has 0 amide bonds. The van der Waals surface area contributed by atoms with E-state index in [2.05, 4.69) is 16.4 Å². The second-order valence-electron chi connectivity index (χ2n) is 2.93. The highest BCUT2D eigenvalue weighted by Gasteiger charge is 2.15. The summed E-state index contributed by atoms with van der Waals surface area (Å²) >= 11 is 0. The highest BCUT2D eigenvalue weighted by molar-refractivity contribution is 5.05. The number of hydrogen-bond donors (Lipinski definition) is 0. The normalized spacial score (nSPS) is 18.5. The SMILES string of the molecule is [c]1ccc(OC2CCOCC2)nn1. The summed E-state index contributed by atoms with van der Waals surface area (Å²) in [5.74, 6) is 0.575. The minimum absolute atomic E-state index is 0.227. The predicted molar refractivity (Wildman–Crippen MR) is 45.3 cm³/mol. The molecular weight excluding hydrogens is 168 g/mol. The minimum atomic E-state index is 0.227. The number of rotatable bonds is 2. The lowest BCUT2D eigenvalue weighted by molar-refractivity contribution is 0.0233. The third kappa shape index (κ3) is 2.39. The molecule has 0 aliphatic carbocycles. The molecule has 0 bridgehead atoms. The fraction of sp³-hybridized carbons (Fsp3) is 0.556. The topological polar surface area (TPSA) is 44.2 Å². The molecule has 1 aromatic heterocycles. The van der Waals surface area contributed by atoms with E-state index in [-0.39, 0.29) is 6.10 Å². The molecule has 69 valence electrons. The molecule has 1 radical (unpaired) electrons. The van der Waals surface area contributed by atoms with Crippen LogP contribution in [0.4, 0.5) is 0 Å². The maximum atomic E-state index is 5.58. The summed E-state index contributed by atoms with van der Waals surface area (Å²) in [6.07, 6.45) is 4.69. The van der Waals surface area contributed by atoms with Crippen LogP contribution in [0.2, 0.25) is 0 Å². The highest BCUT2D eigenvalue weighted by Crippen LogP contribution is 2.13. The van der Waals surface area contributed by atoms with Crippen LogP contribution in [0.15, 0.2) is 12.1 Å². The van der Waals surface area contributed by atoms with E-state index in [4.69, 9.17) is 9.47 Å². The van der Waals surface area contributed by atoms with Gasteiger partial charge in [0.25, 0.3) is 0 Å². The lowest BCUT2D eigenvalue weighted by Crippen LogP contribution is -2.26. The summed E-state index contributed by atoms with van der Waals surface area (Å²) in [7, 11) is 0. The fourth-order valence-corrected chi connectivity index (χ4v) is 1.28. The van der Waals surface area contributed by atoms with E-state index >= 15 is 0 Å². The Bertz CT molecular complexity index is 247. The third-order valence-electron chi connectivity index (χ3n) is 1.96. The lowest BCUT2D eigenvalue weighted by atomic mass is 10.2. The highest BCUT2D eigenvalue weighted by atomic mass is 16.5. The Balaban J connectivity index is 1.90. The summed E-state index contributed by atoms with van der Waals surface area (Å²) < 4.78 is 10.8. The first-order valence-electron chi connectivity index (χ1n) is 4.39. The zero-order valence-electron chi connectivity index (χ0n) is 7.27. The molecule has 0 saturated carbocycles. The van der Waals surface area contributed by atoms with Crippen LogP contribution in [-0.2, 0) is 4.74 Å². The standard InChI is InChI=1S/C9H11N2O2/c1-2-9(11-10-5-1)13-8-3-6-12-7-4-8/h1-2,8H,3-4,6-7H2. The smallest absolute Gasteiger partial charge is 0.233 e. The Kier molecular flexibility index (Phi) is 2.72. The predicted octanol–water partition coefficient (Wildman–Crippen LogP) is 0.835. The van der Waals surface area contributed by atoms with Gasteiger partial charge in [-0.25, -0.2) is 0 Å². The summed E-state index contributed by atoms with van der Waals surface area (Å²) in [4.78, 5) is 0. The van der Waals surface area contributed by atoms with E-state index in [0.717, 1.165) is 26.1 Å². The summed E-state index contributed by atoms with van der Waals surface area (Å²) in [6, 6.07) is 3.46. The van der Waals surface area contributed by atoms with E-state index in [1.807, 2.05) is 0 Å². The van der Waals surface area contributed by atoms with Crippen molar-refractivity contribution in [1.82, 2.24) is 10.2 Å². The van der Waals surface area contributed by atoms with Crippen molar-refractivity contribution in [3.63, 3.8) is 0 Å². The van der Waals surface area contributed by atoms with Crippen LogP contribution in [0, 0.1) is 6.20 Å². The van der Waals surface area contributed by atoms with Gasteiger partial charge >= 0.3 is 0 Å². The van der Waals surface area contributed by atoms with Gasteiger partial charge in [0.1, 0.15) is 12.3 Å². The number of hydrogen-bond acceptors (Lipinski definition) is 4. The van der Waals surface area contributed by atoms with Crippen molar-refractivity contribution < 1.29 is 9.47 Å². The largest absolute Gasteiger partial charge is 0.473 e. The summed E-state index contributed by atoms with van der Waals surface area (Å²) in [5.41, 5.74) is 0. The van der Waals surface area contributed by atoms with Gasteiger partial charge in [-0.3, -0.25) is 0 Å². The van der Waals surface area contributed by atoms with E-state index in [1.54, 1.807) is 12.1 Å². The molecule has 0 unspecified atom stereocenters. The van der Waals surface area contributed by atoms with Crippen molar-refractivity contribution in [1.29, 1.82) is 0 Å². The molecule has 1 saturated heterocycles. The van der Waals surface area contributed by atoms with Crippen LogP contribution in [0.25, 0.3) is 0 Å². The van der Waals surface area contributed by atoms with Crippen molar-refractivity contribution in [3.05, 3.63) is 18.3 Å². The zero-order chi connectivity index (χ0) is 8.93. The van der Waals surface area contributed by atoms with Crippen molar-refractivity contribution in [2.75, 3.05) is 13.2 Å². The number of aromatic nitrogens is 2. The molecule has 1 aliphatic rings. The zero-order valence-corrected chi connectivity index (χ0v) is 7.27. The molecule has 1 fully saturated rings.